The van der Waals surface area contributed by atoms with Gasteiger partial charge in [0.1, 0.15) is 11.6 Å². The van der Waals surface area contributed by atoms with E-state index in [0.29, 0.717) is 5.82 Å². The van der Waals surface area contributed by atoms with Gasteiger partial charge in [0.2, 0.25) is 0 Å². The van der Waals surface area contributed by atoms with Crippen LogP contribution in [0.25, 0.3) is 0 Å². The molecule has 2 rings (SSSR count). The fourth-order valence-corrected chi connectivity index (χ4v) is 2.55. The monoisotopic (exact) mass is 370 g/mol. The first-order chi connectivity index (χ1) is 9.95. The Hall–Kier alpha value is -1.93. The lowest BCUT2D eigenvalue weighted by molar-refractivity contribution is -0.118. The molecular weight excluding hydrogens is 360 g/mol. The number of pyridine rings is 1. The summed E-state index contributed by atoms with van der Waals surface area (Å²) in [6, 6.07) is 4.98. The van der Waals surface area contributed by atoms with E-state index in [1.54, 1.807) is 31.3 Å². The first-order valence-corrected chi connectivity index (χ1v) is 7.44. The van der Waals surface area contributed by atoms with Gasteiger partial charge in [-0.3, -0.25) is 4.79 Å². The molecule has 0 saturated carbocycles. The molecule has 6 nitrogen and oxygen atoms in total. The van der Waals surface area contributed by atoms with Crippen LogP contribution in [0.15, 0.2) is 28.9 Å². The summed E-state index contributed by atoms with van der Waals surface area (Å²) in [4.78, 5) is 27.6. The molecule has 0 aliphatic carbocycles. The van der Waals surface area contributed by atoms with Crippen molar-refractivity contribution in [2.24, 2.45) is 0 Å². The Balaban J connectivity index is 1.95. The van der Waals surface area contributed by atoms with Crippen molar-refractivity contribution in [1.29, 1.82) is 0 Å². The van der Waals surface area contributed by atoms with Gasteiger partial charge in [0.25, 0.3) is 5.91 Å². The van der Waals surface area contributed by atoms with Crippen molar-refractivity contribution in [3.05, 3.63) is 38.6 Å². The number of ether oxygens (including phenoxy) is 1. The first kappa shape index (κ1) is 15.5. The molecule has 0 saturated heterocycles. The predicted molar refractivity (Wildman–Crippen MR) is 82.1 cm³/mol. The number of nitrogens with zero attached hydrogens (tertiary/aromatic N) is 1. The van der Waals surface area contributed by atoms with Gasteiger partial charge in [-0.1, -0.05) is 0 Å². The molecule has 0 fully saturated rings. The van der Waals surface area contributed by atoms with Crippen molar-refractivity contribution in [3.63, 3.8) is 0 Å². The number of carboxylic acids is 1. The van der Waals surface area contributed by atoms with Gasteiger partial charge in [-0.05, 0) is 41.1 Å². The Morgan fingerprint density at radius 2 is 2.24 bits per heavy atom. The summed E-state index contributed by atoms with van der Waals surface area (Å²) in [5.41, 5.74) is 0. The van der Waals surface area contributed by atoms with Crippen LogP contribution in [0.4, 0.5) is 5.82 Å². The van der Waals surface area contributed by atoms with E-state index in [9.17, 15) is 9.59 Å². The molecule has 0 bridgehead atoms. The molecule has 0 radical (unpaired) electrons. The number of thiophene rings is 1. The molecule has 0 aliphatic heterocycles. The second-order valence-corrected chi connectivity index (χ2v) is 6.23. The molecule has 2 aromatic heterocycles. The number of rotatable bonds is 5. The van der Waals surface area contributed by atoms with Crippen molar-refractivity contribution in [1.82, 2.24) is 4.98 Å². The fraction of sp³-hybridized carbons (Fsp3) is 0.154. The van der Waals surface area contributed by atoms with Crippen LogP contribution in [0.1, 0.15) is 14.5 Å². The minimum Gasteiger partial charge on any atom is -0.482 e. The smallest absolute Gasteiger partial charge is 0.349 e. The van der Waals surface area contributed by atoms with Crippen LogP contribution >= 0.6 is 27.3 Å². The highest BCUT2D eigenvalue weighted by Gasteiger charge is 2.16. The number of hydrogen-bond donors (Lipinski definition) is 2. The third kappa shape index (κ3) is 4.27. The Morgan fingerprint density at radius 3 is 2.86 bits per heavy atom. The van der Waals surface area contributed by atoms with Gasteiger partial charge < -0.3 is 15.2 Å². The lowest BCUT2D eigenvalue weighted by Crippen LogP contribution is -2.21. The molecule has 0 atom stereocenters. The molecule has 0 spiro atoms. The summed E-state index contributed by atoms with van der Waals surface area (Å²) in [5, 5.41) is 11.6. The number of nitrogens with one attached hydrogen (secondary N) is 1. The van der Waals surface area contributed by atoms with E-state index in [0.717, 1.165) is 20.7 Å². The van der Waals surface area contributed by atoms with Gasteiger partial charge in [-0.25, -0.2) is 9.78 Å². The number of hydrogen-bond acceptors (Lipinski definition) is 5. The SMILES string of the molecule is Cc1cc(OCC(=O)Nc2ccc(Br)cn2)c(C(=O)O)s1. The Bertz CT molecular complexity index is 669. The number of aromatic nitrogens is 1. The van der Waals surface area contributed by atoms with Gasteiger partial charge in [-0.2, -0.15) is 0 Å². The van der Waals surface area contributed by atoms with E-state index in [-0.39, 0.29) is 17.2 Å². The van der Waals surface area contributed by atoms with Crippen molar-refractivity contribution < 1.29 is 19.4 Å². The highest BCUT2D eigenvalue weighted by Crippen LogP contribution is 2.28. The number of halogens is 1. The van der Waals surface area contributed by atoms with Crippen molar-refractivity contribution in [2.45, 2.75) is 6.92 Å². The summed E-state index contributed by atoms with van der Waals surface area (Å²) >= 11 is 4.35. The van der Waals surface area contributed by atoms with E-state index < -0.39 is 11.9 Å². The van der Waals surface area contributed by atoms with Gasteiger partial charge in [0.05, 0.1) is 0 Å². The zero-order chi connectivity index (χ0) is 15.4. The second-order valence-electron chi connectivity index (χ2n) is 4.05. The topological polar surface area (TPSA) is 88.5 Å². The molecule has 0 aromatic carbocycles. The van der Waals surface area contributed by atoms with Crippen molar-refractivity contribution >= 4 is 45.0 Å². The van der Waals surface area contributed by atoms with Gasteiger partial charge >= 0.3 is 5.97 Å². The highest BCUT2D eigenvalue weighted by molar-refractivity contribution is 9.10. The zero-order valence-corrected chi connectivity index (χ0v) is 13.3. The predicted octanol–water partition coefficient (Wildman–Crippen LogP) is 2.93. The Labute approximate surface area is 132 Å². The molecule has 2 N–H and O–H groups in total. The number of carbonyl (C=O) groups excluding carboxylic acids is 1. The number of amides is 1. The molecule has 2 heterocycles. The maximum Gasteiger partial charge on any atom is 0.349 e. The van der Waals surface area contributed by atoms with E-state index in [2.05, 4.69) is 26.2 Å². The van der Waals surface area contributed by atoms with Gasteiger partial charge in [-0.15, -0.1) is 11.3 Å². The average molecular weight is 371 g/mol. The van der Waals surface area contributed by atoms with E-state index in [4.69, 9.17) is 9.84 Å². The fourth-order valence-electron chi connectivity index (χ4n) is 1.52. The number of aryl methyl sites for hydroxylation is 1. The molecule has 0 aliphatic rings. The van der Waals surface area contributed by atoms with Crippen LogP contribution in [0, 0.1) is 6.92 Å². The lowest BCUT2D eigenvalue weighted by atomic mass is 10.4. The van der Waals surface area contributed by atoms with Crippen molar-refractivity contribution in [3.8, 4) is 5.75 Å². The Morgan fingerprint density at radius 1 is 1.48 bits per heavy atom. The first-order valence-electron chi connectivity index (χ1n) is 5.83. The normalized spacial score (nSPS) is 10.2. The number of aromatic carboxylic acids is 1. The molecule has 1 amide bonds. The molecule has 2 aromatic rings. The standard InChI is InChI=1S/C13H11BrN2O4S/c1-7-4-9(12(21-7)13(18)19)20-6-11(17)16-10-3-2-8(14)5-15-10/h2-5H,6H2,1H3,(H,18,19)(H,15,16,17). The summed E-state index contributed by atoms with van der Waals surface area (Å²) in [6.07, 6.45) is 1.56. The third-order valence-electron chi connectivity index (χ3n) is 2.37. The van der Waals surface area contributed by atoms with Crippen LogP contribution in [0.3, 0.4) is 0 Å². The van der Waals surface area contributed by atoms with Crippen LogP contribution in [0.2, 0.25) is 0 Å². The number of anilines is 1. The van der Waals surface area contributed by atoms with Crippen LogP contribution in [-0.2, 0) is 4.79 Å². The summed E-state index contributed by atoms with van der Waals surface area (Å²) in [6.45, 7) is 1.49. The van der Waals surface area contributed by atoms with Crippen LogP contribution in [0.5, 0.6) is 5.75 Å². The van der Waals surface area contributed by atoms with E-state index in [1.807, 2.05) is 0 Å². The maximum atomic E-state index is 11.7. The van der Waals surface area contributed by atoms with Gasteiger partial charge in [0.15, 0.2) is 11.5 Å². The minimum atomic E-state index is -1.07. The largest absolute Gasteiger partial charge is 0.482 e. The van der Waals surface area contributed by atoms with Gasteiger partial charge in [0, 0.05) is 15.5 Å². The molecule has 21 heavy (non-hydrogen) atoms. The minimum absolute atomic E-state index is 0.0852. The highest BCUT2D eigenvalue weighted by atomic mass is 79.9. The lowest BCUT2D eigenvalue weighted by Gasteiger charge is -2.06. The molecule has 0 unspecified atom stereocenters. The number of carbonyl (C=O) groups is 2. The van der Waals surface area contributed by atoms with Crippen LogP contribution < -0.4 is 10.1 Å². The third-order valence-corrected chi connectivity index (χ3v) is 3.86. The summed E-state index contributed by atoms with van der Waals surface area (Å²) < 4.78 is 6.06. The average Bonchev–Trinajstić information content (AvgIpc) is 2.80. The Kier molecular flexibility index (Phi) is 4.92. The summed E-state index contributed by atoms with van der Waals surface area (Å²) in [5.74, 6) is -0.890. The molecule has 110 valence electrons. The number of carboxylic acid groups (broad SMARTS) is 1. The van der Waals surface area contributed by atoms with Crippen LogP contribution in [-0.4, -0.2) is 28.6 Å². The summed E-state index contributed by atoms with van der Waals surface area (Å²) in [7, 11) is 0. The second kappa shape index (κ2) is 6.68. The maximum absolute atomic E-state index is 11.7. The molecule has 8 heteroatoms. The zero-order valence-electron chi connectivity index (χ0n) is 10.9. The van der Waals surface area contributed by atoms with Crippen molar-refractivity contribution in [2.75, 3.05) is 11.9 Å². The van der Waals surface area contributed by atoms with E-state index >= 15 is 0 Å². The quantitative estimate of drug-likeness (QED) is 0.844. The van der Waals surface area contributed by atoms with E-state index in [1.165, 1.54) is 0 Å². The molecular formula is C13H11BrN2O4S.